The van der Waals surface area contributed by atoms with Gasteiger partial charge in [0.1, 0.15) is 5.82 Å². The topological polar surface area (TPSA) is 49.2 Å². The quantitative estimate of drug-likeness (QED) is 0.879. The molecule has 4 nitrogen and oxygen atoms in total. The average Bonchev–Trinajstić information content (AvgIpc) is 2.39. The minimum absolute atomic E-state index is 0.0828. The Balaban J connectivity index is 2.23. The number of benzene rings is 1. The number of hydrogen-bond acceptors (Lipinski definition) is 4. The Hall–Kier alpha value is -2.01. The number of aromatic nitrogens is 2. The number of rotatable bonds is 3. The van der Waals surface area contributed by atoms with Gasteiger partial charge in [-0.15, -0.1) is 0 Å². The number of halogens is 1. The number of anilines is 2. The van der Waals surface area contributed by atoms with Crippen LogP contribution >= 0.6 is 0 Å². The molecule has 17 heavy (non-hydrogen) atoms. The van der Waals surface area contributed by atoms with Crippen LogP contribution in [0.4, 0.5) is 16.0 Å². The minimum Gasteiger partial charge on any atom is -0.392 e. The molecule has 0 saturated carbocycles. The lowest BCUT2D eigenvalue weighted by Crippen LogP contribution is -2.13. The van der Waals surface area contributed by atoms with Crippen molar-refractivity contribution in [2.45, 2.75) is 6.61 Å². The molecule has 0 spiro atoms. The smallest absolute Gasteiger partial charge is 0.229 e. The fraction of sp³-hybridized carbons (Fsp3) is 0.167. The van der Waals surface area contributed by atoms with Gasteiger partial charge in [-0.2, -0.15) is 0 Å². The molecule has 2 aromatic rings. The zero-order chi connectivity index (χ0) is 12.3. The van der Waals surface area contributed by atoms with Crippen LogP contribution in [0.25, 0.3) is 0 Å². The predicted octanol–water partition coefficient (Wildman–Crippen LogP) is 1.88. The molecule has 0 aliphatic rings. The lowest BCUT2D eigenvalue weighted by atomic mass is 10.3. The van der Waals surface area contributed by atoms with Gasteiger partial charge < -0.3 is 10.0 Å². The van der Waals surface area contributed by atoms with Crippen LogP contribution in [-0.2, 0) is 6.61 Å². The van der Waals surface area contributed by atoms with E-state index in [1.807, 2.05) is 0 Å². The summed E-state index contributed by atoms with van der Waals surface area (Å²) in [5.74, 6) is 0.215. The molecule has 0 atom stereocenters. The van der Waals surface area contributed by atoms with Crippen molar-refractivity contribution < 1.29 is 9.50 Å². The molecule has 2 rings (SSSR count). The molecule has 1 N–H and O–H groups in total. The van der Waals surface area contributed by atoms with Crippen molar-refractivity contribution in [2.24, 2.45) is 0 Å². The van der Waals surface area contributed by atoms with Crippen molar-refractivity contribution >= 4 is 11.6 Å². The second-order valence-corrected chi connectivity index (χ2v) is 3.58. The summed E-state index contributed by atoms with van der Waals surface area (Å²) in [6, 6.07) is 6.07. The Labute approximate surface area is 98.4 Å². The summed E-state index contributed by atoms with van der Waals surface area (Å²) in [5, 5.41) is 8.88. The average molecular weight is 233 g/mol. The molecule has 1 aromatic heterocycles. The number of aliphatic hydroxyl groups excluding tert-OH is 1. The highest BCUT2D eigenvalue weighted by Gasteiger charge is 2.06. The zero-order valence-corrected chi connectivity index (χ0v) is 9.34. The highest BCUT2D eigenvalue weighted by atomic mass is 19.1. The normalized spacial score (nSPS) is 10.3. The van der Waals surface area contributed by atoms with Gasteiger partial charge >= 0.3 is 0 Å². The van der Waals surface area contributed by atoms with Gasteiger partial charge in [0.25, 0.3) is 0 Å². The Morgan fingerprint density at radius 1 is 1.18 bits per heavy atom. The summed E-state index contributed by atoms with van der Waals surface area (Å²) in [4.78, 5) is 9.96. The number of hydrogen-bond donors (Lipinski definition) is 1. The van der Waals surface area contributed by atoms with Gasteiger partial charge in [0.2, 0.25) is 5.95 Å². The van der Waals surface area contributed by atoms with E-state index in [0.717, 1.165) is 5.69 Å². The van der Waals surface area contributed by atoms with E-state index in [4.69, 9.17) is 5.11 Å². The van der Waals surface area contributed by atoms with Crippen LogP contribution in [0.3, 0.4) is 0 Å². The molecule has 1 aromatic carbocycles. The van der Waals surface area contributed by atoms with Crippen molar-refractivity contribution in [2.75, 3.05) is 11.9 Å². The van der Waals surface area contributed by atoms with Crippen LogP contribution in [-0.4, -0.2) is 22.1 Å². The molecule has 0 bridgehead atoms. The second kappa shape index (κ2) is 4.88. The lowest BCUT2D eigenvalue weighted by Gasteiger charge is -2.16. The van der Waals surface area contributed by atoms with E-state index in [0.29, 0.717) is 11.5 Å². The highest BCUT2D eigenvalue weighted by Crippen LogP contribution is 2.19. The van der Waals surface area contributed by atoms with E-state index in [1.165, 1.54) is 12.1 Å². The molecule has 0 fully saturated rings. The Bertz CT molecular complexity index is 484. The summed E-state index contributed by atoms with van der Waals surface area (Å²) in [5.41, 5.74) is 1.45. The first kappa shape index (κ1) is 11.5. The molecule has 1 heterocycles. The van der Waals surface area contributed by atoms with Crippen molar-refractivity contribution in [1.82, 2.24) is 9.97 Å². The fourth-order valence-corrected chi connectivity index (χ4v) is 1.38. The third-order valence-electron chi connectivity index (χ3n) is 2.39. The van der Waals surface area contributed by atoms with Crippen LogP contribution < -0.4 is 4.90 Å². The maximum Gasteiger partial charge on any atom is 0.229 e. The summed E-state index contributed by atoms with van der Waals surface area (Å²) in [6.07, 6.45) is 3.12. The molecule has 88 valence electrons. The van der Waals surface area contributed by atoms with Gasteiger partial charge in [-0.1, -0.05) is 0 Å². The van der Waals surface area contributed by atoms with Crippen molar-refractivity contribution in [3.05, 3.63) is 48.0 Å². The largest absolute Gasteiger partial charge is 0.392 e. The van der Waals surface area contributed by atoms with E-state index in [2.05, 4.69) is 9.97 Å². The maximum absolute atomic E-state index is 12.8. The SMILES string of the molecule is CN(c1ccc(F)cc1)c1ncc(CO)cn1. The molecule has 0 radical (unpaired) electrons. The Morgan fingerprint density at radius 3 is 2.29 bits per heavy atom. The molecule has 0 aliphatic heterocycles. The fourth-order valence-electron chi connectivity index (χ4n) is 1.38. The zero-order valence-electron chi connectivity index (χ0n) is 9.34. The number of nitrogens with zero attached hydrogens (tertiary/aromatic N) is 3. The van der Waals surface area contributed by atoms with Crippen molar-refractivity contribution in [3.63, 3.8) is 0 Å². The van der Waals surface area contributed by atoms with Gasteiger partial charge in [0, 0.05) is 30.7 Å². The monoisotopic (exact) mass is 233 g/mol. The van der Waals surface area contributed by atoms with Crippen LogP contribution in [0.5, 0.6) is 0 Å². The van der Waals surface area contributed by atoms with Crippen LogP contribution in [0.1, 0.15) is 5.56 Å². The second-order valence-electron chi connectivity index (χ2n) is 3.58. The molecular formula is C12H12FN3O. The van der Waals surface area contributed by atoms with Crippen molar-refractivity contribution in [1.29, 1.82) is 0 Å². The molecule has 0 aliphatic carbocycles. The standard InChI is InChI=1S/C12H12FN3O/c1-16(11-4-2-10(13)3-5-11)12-14-6-9(8-17)7-15-12/h2-7,17H,8H2,1H3. The molecule has 0 amide bonds. The number of aliphatic hydroxyl groups is 1. The summed E-state index contributed by atoms with van der Waals surface area (Å²) in [7, 11) is 1.79. The first-order valence-corrected chi connectivity index (χ1v) is 5.12. The van der Waals surface area contributed by atoms with Gasteiger partial charge in [0.15, 0.2) is 0 Å². The molecular weight excluding hydrogens is 221 g/mol. The van der Waals surface area contributed by atoms with Crippen LogP contribution in [0.15, 0.2) is 36.7 Å². The Kier molecular flexibility index (Phi) is 3.30. The van der Waals surface area contributed by atoms with Gasteiger partial charge in [0.05, 0.1) is 6.61 Å². The minimum atomic E-state index is -0.279. The Morgan fingerprint density at radius 2 is 1.76 bits per heavy atom. The van der Waals surface area contributed by atoms with Gasteiger partial charge in [-0.05, 0) is 24.3 Å². The van der Waals surface area contributed by atoms with E-state index < -0.39 is 0 Å². The predicted molar refractivity (Wildman–Crippen MR) is 62.4 cm³/mol. The van der Waals surface area contributed by atoms with E-state index in [-0.39, 0.29) is 12.4 Å². The van der Waals surface area contributed by atoms with Gasteiger partial charge in [-0.25, -0.2) is 14.4 Å². The van der Waals surface area contributed by atoms with Crippen LogP contribution in [0.2, 0.25) is 0 Å². The van der Waals surface area contributed by atoms with E-state index in [9.17, 15) is 4.39 Å². The van der Waals surface area contributed by atoms with Crippen LogP contribution in [0, 0.1) is 5.82 Å². The third kappa shape index (κ3) is 2.57. The van der Waals surface area contributed by atoms with Crippen molar-refractivity contribution in [3.8, 4) is 0 Å². The lowest BCUT2D eigenvalue weighted by molar-refractivity contribution is 0.281. The van der Waals surface area contributed by atoms with E-state index in [1.54, 1.807) is 36.5 Å². The maximum atomic E-state index is 12.8. The first-order valence-electron chi connectivity index (χ1n) is 5.12. The highest BCUT2D eigenvalue weighted by molar-refractivity contribution is 5.55. The summed E-state index contributed by atoms with van der Waals surface area (Å²) >= 11 is 0. The molecule has 5 heteroatoms. The third-order valence-corrected chi connectivity index (χ3v) is 2.39. The molecule has 0 unspecified atom stereocenters. The first-order chi connectivity index (χ1) is 8.20. The summed E-state index contributed by atoms with van der Waals surface area (Å²) in [6.45, 7) is -0.0828. The van der Waals surface area contributed by atoms with E-state index >= 15 is 0 Å². The van der Waals surface area contributed by atoms with Gasteiger partial charge in [-0.3, -0.25) is 0 Å². The molecule has 0 saturated heterocycles. The summed E-state index contributed by atoms with van der Waals surface area (Å²) < 4.78 is 12.8.